The Hall–Kier alpha value is -3.13. The molecule has 2 heteroatoms. The van der Waals surface area contributed by atoms with Gasteiger partial charge in [0.1, 0.15) is 0 Å². The van der Waals surface area contributed by atoms with E-state index in [0.29, 0.717) is 0 Å². The molecule has 0 spiro atoms. The predicted molar refractivity (Wildman–Crippen MR) is 135 cm³/mol. The molecule has 0 amide bonds. The molecular formula is C28H26Si2. The molecule has 0 nitrogen and oxygen atoms in total. The van der Waals surface area contributed by atoms with E-state index >= 15 is 0 Å². The molecule has 0 N–H and O–H groups in total. The third-order valence-electron chi connectivity index (χ3n) is 5.97. The molecule has 0 unspecified atom stereocenters. The topological polar surface area (TPSA) is 0 Å². The van der Waals surface area contributed by atoms with Gasteiger partial charge in [-0.2, -0.15) is 0 Å². The molecule has 0 bridgehead atoms. The van der Waals surface area contributed by atoms with Gasteiger partial charge in [0.2, 0.25) is 0 Å². The average Bonchev–Trinajstić information content (AvgIpc) is 2.84. The van der Waals surface area contributed by atoms with E-state index in [0.717, 1.165) is 0 Å². The van der Waals surface area contributed by atoms with Crippen molar-refractivity contribution in [3.63, 3.8) is 0 Å². The second-order valence-electron chi connectivity index (χ2n) is 7.96. The predicted octanol–water partition coefficient (Wildman–Crippen LogP) is 3.85. The fourth-order valence-corrected chi connectivity index (χ4v) is 10.6. The van der Waals surface area contributed by atoms with Crippen molar-refractivity contribution in [2.24, 2.45) is 0 Å². The van der Waals surface area contributed by atoms with Crippen molar-refractivity contribution in [1.82, 2.24) is 0 Å². The summed E-state index contributed by atoms with van der Waals surface area (Å²) in [5, 5.41) is 5.45. The molecule has 0 aliphatic heterocycles. The van der Waals surface area contributed by atoms with Crippen molar-refractivity contribution in [2.75, 3.05) is 0 Å². The third-order valence-corrected chi connectivity index (χ3v) is 13.4. The first-order valence-electron chi connectivity index (χ1n) is 10.4. The Bertz CT molecular complexity index is 970. The second-order valence-corrected chi connectivity index (χ2v) is 15.3. The Morgan fingerprint density at radius 2 is 0.567 bits per heavy atom. The van der Waals surface area contributed by atoms with Gasteiger partial charge in [0.25, 0.3) is 0 Å². The first kappa shape index (κ1) is 20.2. The summed E-state index contributed by atoms with van der Waals surface area (Å²) >= 11 is 0. The highest BCUT2D eigenvalue weighted by molar-refractivity contribution is 7.11. The van der Waals surface area contributed by atoms with Crippen molar-refractivity contribution in [3.8, 4) is 11.1 Å². The molecule has 30 heavy (non-hydrogen) atoms. The molecule has 0 aromatic heterocycles. The largest absolute Gasteiger partial charge is 0.195 e. The van der Waals surface area contributed by atoms with Crippen LogP contribution in [0, 0.1) is 11.1 Å². The van der Waals surface area contributed by atoms with Gasteiger partial charge in [0.05, 0.1) is 0 Å². The maximum absolute atomic E-state index is 3.92. The maximum Gasteiger partial charge on any atom is 0.195 e. The molecule has 0 heterocycles. The average molecular weight is 419 g/mol. The van der Waals surface area contributed by atoms with Crippen LogP contribution in [0.4, 0.5) is 0 Å². The van der Waals surface area contributed by atoms with E-state index in [-0.39, 0.29) is 0 Å². The van der Waals surface area contributed by atoms with Crippen molar-refractivity contribution >= 4 is 36.9 Å². The third kappa shape index (κ3) is 3.95. The molecule has 146 valence electrons. The Balaban J connectivity index is 1.92. The van der Waals surface area contributed by atoms with Crippen LogP contribution in [0.2, 0.25) is 13.1 Å². The van der Waals surface area contributed by atoms with Gasteiger partial charge in [0.15, 0.2) is 16.1 Å². The molecular weight excluding hydrogens is 392 g/mol. The summed E-state index contributed by atoms with van der Waals surface area (Å²) in [6.07, 6.45) is 0. The summed E-state index contributed by atoms with van der Waals surface area (Å²) in [5.41, 5.74) is 7.83. The summed E-state index contributed by atoms with van der Waals surface area (Å²) in [7, 11) is -4.41. The SMILES string of the molecule is C[Si](C#C[Si](C)(c1ccccc1)c1ccccc1)(c1ccccc1)c1ccccc1. The first-order valence-corrected chi connectivity index (χ1v) is 15.4. The summed E-state index contributed by atoms with van der Waals surface area (Å²) in [5.74, 6) is 0. The summed E-state index contributed by atoms with van der Waals surface area (Å²) in [6.45, 7) is 4.77. The quantitative estimate of drug-likeness (QED) is 0.349. The van der Waals surface area contributed by atoms with Gasteiger partial charge in [0, 0.05) is 0 Å². The highest BCUT2D eigenvalue weighted by Gasteiger charge is 2.34. The van der Waals surface area contributed by atoms with Gasteiger partial charge >= 0.3 is 0 Å². The van der Waals surface area contributed by atoms with Gasteiger partial charge in [-0.1, -0.05) is 134 Å². The summed E-state index contributed by atoms with van der Waals surface area (Å²) in [4.78, 5) is 0. The van der Waals surface area contributed by atoms with E-state index in [1.807, 2.05) is 0 Å². The van der Waals surface area contributed by atoms with Gasteiger partial charge in [-0.3, -0.25) is 0 Å². The Morgan fingerprint density at radius 3 is 0.767 bits per heavy atom. The van der Waals surface area contributed by atoms with Gasteiger partial charge in [-0.25, -0.2) is 0 Å². The zero-order chi connectivity index (χ0) is 20.9. The lowest BCUT2D eigenvalue weighted by Gasteiger charge is -2.26. The van der Waals surface area contributed by atoms with Crippen LogP contribution in [-0.4, -0.2) is 16.1 Å². The standard InChI is InChI=1S/C28H26Si2/c1-29(25-15-7-3-8-16-25,26-17-9-4-10-18-26)23-24-30(2,27-19-11-5-12-20-27)28-21-13-6-14-22-28/h3-22H,1-2H3. The zero-order valence-corrected chi connectivity index (χ0v) is 19.5. The minimum Gasteiger partial charge on any atom is -0.126 e. The van der Waals surface area contributed by atoms with Crippen LogP contribution in [0.15, 0.2) is 121 Å². The lowest BCUT2D eigenvalue weighted by molar-refractivity contribution is 1.70. The lowest BCUT2D eigenvalue weighted by Crippen LogP contribution is -2.58. The van der Waals surface area contributed by atoms with Crippen LogP contribution in [0.1, 0.15) is 0 Å². The molecule has 0 aliphatic carbocycles. The fraction of sp³-hybridized carbons (Fsp3) is 0.0714. The first-order chi connectivity index (χ1) is 14.6. The van der Waals surface area contributed by atoms with Crippen LogP contribution < -0.4 is 20.7 Å². The monoisotopic (exact) mass is 418 g/mol. The van der Waals surface area contributed by atoms with Crippen LogP contribution in [0.25, 0.3) is 0 Å². The lowest BCUT2D eigenvalue weighted by atomic mass is 10.4. The van der Waals surface area contributed by atoms with E-state index in [1.165, 1.54) is 20.7 Å². The molecule has 4 aromatic rings. The minimum absolute atomic E-state index is 1.36. The van der Waals surface area contributed by atoms with Crippen LogP contribution in [0.3, 0.4) is 0 Å². The van der Waals surface area contributed by atoms with Crippen molar-refractivity contribution in [2.45, 2.75) is 13.1 Å². The number of hydrogen-bond acceptors (Lipinski definition) is 0. The Kier molecular flexibility index (Phi) is 5.85. The van der Waals surface area contributed by atoms with Crippen LogP contribution >= 0.6 is 0 Å². The molecule has 0 radical (unpaired) electrons. The summed E-state index contributed by atoms with van der Waals surface area (Å²) in [6, 6.07) is 43.4. The Labute approximate surface area is 182 Å². The minimum atomic E-state index is -2.20. The normalized spacial score (nSPS) is 11.4. The van der Waals surface area contributed by atoms with E-state index in [1.54, 1.807) is 0 Å². The van der Waals surface area contributed by atoms with Crippen molar-refractivity contribution in [3.05, 3.63) is 121 Å². The molecule has 0 fully saturated rings. The van der Waals surface area contributed by atoms with Gasteiger partial charge < -0.3 is 0 Å². The maximum atomic E-state index is 3.92. The van der Waals surface area contributed by atoms with E-state index in [2.05, 4.69) is 146 Å². The number of rotatable bonds is 4. The molecule has 0 aliphatic rings. The number of hydrogen-bond donors (Lipinski definition) is 0. The summed E-state index contributed by atoms with van der Waals surface area (Å²) < 4.78 is 0. The van der Waals surface area contributed by atoms with Gasteiger partial charge in [-0.15, -0.1) is 11.1 Å². The molecule has 4 rings (SSSR count). The number of benzene rings is 4. The highest BCUT2D eigenvalue weighted by Crippen LogP contribution is 2.09. The van der Waals surface area contributed by atoms with Crippen molar-refractivity contribution < 1.29 is 0 Å². The van der Waals surface area contributed by atoms with Gasteiger partial charge in [-0.05, 0) is 20.7 Å². The van der Waals surface area contributed by atoms with E-state index < -0.39 is 16.1 Å². The molecule has 4 aromatic carbocycles. The smallest absolute Gasteiger partial charge is 0.126 e. The molecule has 0 atom stereocenters. The van der Waals surface area contributed by atoms with Crippen LogP contribution in [-0.2, 0) is 0 Å². The van der Waals surface area contributed by atoms with E-state index in [4.69, 9.17) is 0 Å². The van der Waals surface area contributed by atoms with E-state index in [9.17, 15) is 0 Å². The second kappa shape index (κ2) is 8.71. The Morgan fingerprint density at radius 1 is 0.367 bits per heavy atom. The van der Waals surface area contributed by atoms with Crippen molar-refractivity contribution in [1.29, 1.82) is 0 Å². The van der Waals surface area contributed by atoms with Crippen LogP contribution in [0.5, 0.6) is 0 Å². The molecule has 0 saturated carbocycles. The highest BCUT2D eigenvalue weighted by atomic mass is 28.3. The zero-order valence-electron chi connectivity index (χ0n) is 17.5. The fourth-order valence-electron chi connectivity index (χ4n) is 3.96. The molecule has 0 saturated heterocycles.